The van der Waals surface area contributed by atoms with Gasteiger partial charge in [0.15, 0.2) is 0 Å². The smallest absolute Gasteiger partial charge is 0.231 e. The van der Waals surface area contributed by atoms with Crippen molar-refractivity contribution >= 4 is 5.91 Å². The number of carbonyl (C=O) groups excluding carboxylic acids is 1. The molecule has 0 spiro atoms. The number of rotatable bonds is 9. The maximum atomic E-state index is 11.1. The fourth-order valence-electron chi connectivity index (χ4n) is 2.19. The molecule has 4 N–H and O–H groups in total. The average Bonchev–Trinajstić information content (AvgIpc) is 2.42. The highest BCUT2D eigenvalue weighted by Gasteiger charge is 2.15. The number of hydrogen-bond donors (Lipinski definition) is 2. The van der Waals surface area contributed by atoms with Crippen LogP contribution in [0.15, 0.2) is 30.3 Å². The summed E-state index contributed by atoms with van der Waals surface area (Å²) >= 11 is 0. The fourth-order valence-corrected chi connectivity index (χ4v) is 2.19. The van der Waals surface area contributed by atoms with Crippen LogP contribution in [0.4, 0.5) is 0 Å². The maximum absolute atomic E-state index is 11.1. The topological polar surface area (TPSA) is 72.3 Å². The van der Waals surface area contributed by atoms with Crippen LogP contribution in [0, 0.1) is 0 Å². The highest BCUT2D eigenvalue weighted by molar-refractivity contribution is 5.75. The van der Waals surface area contributed by atoms with E-state index < -0.39 is 0 Å². The molecule has 106 valence electrons. The van der Waals surface area contributed by atoms with Crippen LogP contribution >= 0.6 is 0 Å². The summed E-state index contributed by atoms with van der Waals surface area (Å²) in [7, 11) is 0. The third kappa shape index (κ3) is 5.85. The minimum absolute atomic E-state index is 0.248. The molecule has 4 heteroatoms. The quantitative estimate of drug-likeness (QED) is 0.705. The maximum Gasteiger partial charge on any atom is 0.231 e. The lowest BCUT2D eigenvalue weighted by Gasteiger charge is -2.26. The Labute approximate surface area is 115 Å². The van der Waals surface area contributed by atoms with E-state index >= 15 is 0 Å². The van der Waals surface area contributed by atoms with Gasteiger partial charge in [-0.25, -0.2) is 0 Å². The van der Waals surface area contributed by atoms with E-state index in [2.05, 4.69) is 24.0 Å². The summed E-state index contributed by atoms with van der Waals surface area (Å²) in [5.41, 5.74) is 12.4. The molecule has 1 rings (SSSR count). The van der Waals surface area contributed by atoms with Gasteiger partial charge in [-0.3, -0.25) is 9.69 Å². The minimum atomic E-state index is -0.278. The number of nitrogens with zero attached hydrogens (tertiary/aromatic N) is 1. The van der Waals surface area contributed by atoms with Crippen molar-refractivity contribution in [2.75, 3.05) is 26.2 Å². The molecule has 1 unspecified atom stereocenters. The van der Waals surface area contributed by atoms with Crippen LogP contribution in [-0.4, -0.2) is 37.0 Å². The second kappa shape index (κ2) is 8.67. The summed E-state index contributed by atoms with van der Waals surface area (Å²) in [6, 6.07) is 10.2. The number of nitrogens with two attached hydrogens (primary N) is 2. The summed E-state index contributed by atoms with van der Waals surface area (Å²) in [5.74, 6) is -0.0302. The SMILES string of the molecule is CCCCN(CC(N)=O)CC(CN)c1ccccc1. The molecular formula is C15H25N3O. The van der Waals surface area contributed by atoms with Gasteiger partial charge in [-0.15, -0.1) is 0 Å². The molecule has 0 heterocycles. The second-order valence-electron chi connectivity index (χ2n) is 4.90. The molecule has 1 atom stereocenters. The first-order valence-corrected chi connectivity index (χ1v) is 6.93. The largest absolute Gasteiger partial charge is 0.369 e. The van der Waals surface area contributed by atoms with Gasteiger partial charge in [-0.2, -0.15) is 0 Å². The number of benzene rings is 1. The number of amides is 1. The normalized spacial score (nSPS) is 12.6. The van der Waals surface area contributed by atoms with Crippen molar-refractivity contribution in [3.05, 3.63) is 35.9 Å². The molecule has 0 radical (unpaired) electrons. The number of carbonyl (C=O) groups is 1. The van der Waals surface area contributed by atoms with E-state index in [0.29, 0.717) is 13.1 Å². The predicted molar refractivity (Wildman–Crippen MR) is 78.8 cm³/mol. The molecule has 0 fully saturated rings. The third-order valence-corrected chi connectivity index (χ3v) is 3.24. The highest BCUT2D eigenvalue weighted by atomic mass is 16.1. The second-order valence-corrected chi connectivity index (χ2v) is 4.90. The molecular weight excluding hydrogens is 238 g/mol. The van der Waals surface area contributed by atoms with Gasteiger partial charge in [-0.05, 0) is 18.5 Å². The summed E-state index contributed by atoms with van der Waals surface area (Å²) < 4.78 is 0. The van der Waals surface area contributed by atoms with E-state index in [1.807, 2.05) is 18.2 Å². The zero-order chi connectivity index (χ0) is 14.1. The van der Waals surface area contributed by atoms with Crippen LogP contribution in [0.2, 0.25) is 0 Å². The van der Waals surface area contributed by atoms with E-state index in [1.54, 1.807) is 0 Å². The molecule has 1 amide bonds. The minimum Gasteiger partial charge on any atom is -0.369 e. The highest BCUT2D eigenvalue weighted by Crippen LogP contribution is 2.16. The van der Waals surface area contributed by atoms with Crippen molar-refractivity contribution in [2.45, 2.75) is 25.7 Å². The molecule has 4 nitrogen and oxygen atoms in total. The first kappa shape index (κ1) is 15.7. The van der Waals surface area contributed by atoms with Crippen molar-refractivity contribution < 1.29 is 4.79 Å². The van der Waals surface area contributed by atoms with Crippen molar-refractivity contribution in [3.8, 4) is 0 Å². The Bertz CT molecular complexity index is 367. The van der Waals surface area contributed by atoms with Gasteiger partial charge >= 0.3 is 0 Å². The van der Waals surface area contributed by atoms with E-state index in [4.69, 9.17) is 11.5 Å². The Morgan fingerprint density at radius 2 is 2.00 bits per heavy atom. The first-order chi connectivity index (χ1) is 9.17. The van der Waals surface area contributed by atoms with Crippen LogP contribution in [0.1, 0.15) is 31.2 Å². The standard InChI is InChI=1S/C15H25N3O/c1-2-3-9-18(12-15(17)19)11-14(10-16)13-7-5-4-6-8-13/h4-8,14H,2-3,9-12,16H2,1H3,(H2,17,19). The Morgan fingerprint density at radius 3 is 2.53 bits per heavy atom. The van der Waals surface area contributed by atoms with E-state index in [-0.39, 0.29) is 11.8 Å². The van der Waals surface area contributed by atoms with Gasteiger partial charge in [0.2, 0.25) is 5.91 Å². The van der Waals surface area contributed by atoms with Gasteiger partial charge in [0.25, 0.3) is 0 Å². The Kier molecular flexibility index (Phi) is 7.15. The van der Waals surface area contributed by atoms with Crippen LogP contribution in [-0.2, 0) is 4.79 Å². The van der Waals surface area contributed by atoms with E-state index in [1.165, 1.54) is 5.56 Å². The average molecular weight is 263 g/mol. The molecule has 1 aromatic rings. The lowest BCUT2D eigenvalue weighted by molar-refractivity contribution is -0.119. The van der Waals surface area contributed by atoms with Gasteiger partial charge in [0.05, 0.1) is 6.54 Å². The van der Waals surface area contributed by atoms with E-state index in [9.17, 15) is 4.79 Å². The lowest BCUT2D eigenvalue weighted by atomic mass is 9.98. The molecule has 0 bridgehead atoms. The van der Waals surface area contributed by atoms with Crippen LogP contribution < -0.4 is 11.5 Å². The number of unbranched alkanes of at least 4 members (excludes halogenated alkanes) is 1. The Hall–Kier alpha value is -1.39. The van der Waals surface area contributed by atoms with Crippen LogP contribution in [0.25, 0.3) is 0 Å². The molecule has 0 aliphatic heterocycles. The van der Waals surface area contributed by atoms with Gasteiger partial charge in [0.1, 0.15) is 0 Å². The Morgan fingerprint density at radius 1 is 1.32 bits per heavy atom. The van der Waals surface area contributed by atoms with Gasteiger partial charge in [-0.1, -0.05) is 43.7 Å². The molecule has 19 heavy (non-hydrogen) atoms. The molecule has 0 aromatic heterocycles. The predicted octanol–water partition coefficient (Wildman–Crippen LogP) is 1.32. The molecule has 1 aromatic carbocycles. The first-order valence-electron chi connectivity index (χ1n) is 6.93. The monoisotopic (exact) mass is 263 g/mol. The van der Waals surface area contributed by atoms with Crippen LogP contribution in [0.5, 0.6) is 0 Å². The van der Waals surface area contributed by atoms with Crippen molar-refractivity contribution in [2.24, 2.45) is 11.5 Å². The molecule has 0 saturated carbocycles. The zero-order valence-corrected chi connectivity index (χ0v) is 11.7. The number of primary amides is 1. The fraction of sp³-hybridized carbons (Fsp3) is 0.533. The van der Waals surface area contributed by atoms with Crippen LogP contribution in [0.3, 0.4) is 0 Å². The summed E-state index contributed by atoms with van der Waals surface area (Å²) in [6.45, 7) is 4.70. The lowest BCUT2D eigenvalue weighted by Crippen LogP contribution is -2.38. The summed E-state index contributed by atoms with van der Waals surface area (Å²) in [5, 5.41) is 0. The van der Waals surface area contributed by atoms with Gasteiger partial charge < -0.3 is 11.5 Å². The molecule has 0 saturated heterocycles. The molecule has 0 aliphatic carbocycles. The van der Waals surface area contributed by atoms with E-state index in [0.717, 1.165) is 25.9 Å². The van der Waals surface area contributed by atoms with Crippen molar-refractivity contribution in [1.82, 2.24) is 4.90 Å². The van der Waals surface area contributed by atoms with Crippen molar-refractivity contribution in [3.63, 3.8) is 0 Å². The Balaban J connectivity index is 2.66. The summed E-state index contributed by atoms with van der Waals surface area (Å²) in [6.07, 6.45) is 2.17. The number of hydrogen-bond acceptors (Lipinski definition) is 3. The summed E-state index contributed by atoms with van der Waals surface area (Å²) in [4.78, 5) is 13.2. The van der Waals surface area contributed by atoms with Crippen molar-refractivity contribution in [1.29, 1.82) is 0 Å². The third-order valence-electron chi connectivity index (χ3n) is 3.24. The van der Waals surface area contributed by atoms with Gasteiger partial charge in [0, 0.05) is 19.0 Å². The molecule has 0 aliphatic rings. The zero-order valence-electron chi connectivity index (χ0n) is 11.7.